The van der Waals surface area contributed by atoms with Crippen molar-refractivity contribution in [1.82, 2.24) is 15.0 Å². The first-order chi connectivity index (χ1) is 13.0. The van der Waals surface area contributed by atoms with E-state index >= 15 is 0 Å². The Hall–Kier alpha value is -1.85. The Morgan fingerprint density at radius 3 is 2.70 bits per heavy atom. The van der Waals surface area contributed by atoms with Crippen LogP contribution in [0.15, 0.2) is 4.52 Å². The molecule has 3 heterocycles. The van der Waals surface area contributed by atoms with Gasteiger partial charge in [-0.2, -0.15) is 0 Å². The Balaban J connectivity index is 1.35. The molecule has 3 fully saturated rings. The summed E-state index contributed by atoms with van der Waals surface area (Å²) in [6.45, 7) is 6.95. The van der Waals surface area contributed by atoms with Gasteiger partial charge in [0.15, 0.2) is 0 Å². The first kappa shape index (κ1) is 18.5. The summed E-state index contributed by atoms with van der Waals surface area (Å²) in [5.74, 6) is 1.96. The van der Waals surface area contributed by atoms with Crippen LogP contribution in [0.4, 0.5) is 0 Å². The number of carbonyl (C=O) groups is 2. The Morgan fingerprint density at radius 2 is 2.04 bits per heavy atom. The minimum Gasteiger partial charge on any atom is -0.361 e. The average molecular weight is 373 g/mol. The largest absolute Gasteiger partial charge is 0.361 e. The Labute approximate surface area is 161 Å². The Bertz CT molecular complexity index is 705. The van der Waals surface area contributed by atoms with Crippen LogP contribution in [0.3, 0.4) is 0 Å². The van der Waals surface area contributed by atoms with E-state index in [4.69, 9.17) is 4.52 Å². The minimum absolute atomic E-state index is 0.149. The number of amides is 2. The zero-order chi connectivity index (χ0) is 19.0. The van der Waals surface area contributed by atoms with Gasteiger partial charge in [-0.1, -0.05) is 11.6 Å². The SMILES string of the molecule is Cc1noc(C)c1CCC(=O)N1CCC2(CCCN(CC3CCC3)C2=O)C1. The van der Waals surface area contributed by atoms with E-state index in [2.05, 4.69) is 10.1 Å². The zero-order valence-corrected chi connectivity index (χ0v) is 16.6. The fourth-order valence-electron chi connectivity index (χ4n) is 5.03. The van der Waals surface area contributed by atoms with Crippen LogP contribution >= 0.6 is 0 Å². The van der Waals surface area contributed by atoms with Crippen molar-refractivity contribution in [2.45, 2.75) is 65.2 Å². The van der Waals surface area contributed by atoms with Crippen molar-refractivity contribution < 1.29 is 14.1 Å². The second-order valence-corrected chi connectivity index (χ2v) is 8.80. The maximum absolute atomic E-state index is 13.2. The molecule has 2 amide bonds. The van der Waals surface area contributed by atoms with E-state index in [0.717, 1.165) is 49.4 Å². The molecule has 1 saturated carbocycles. The molecular weight excluding hydrogens is 342 g/mol. The molecule has 1 aromatic heterocycles. The van der Waals surface area contributed by atoms with Gasteiger partial charge in [0, 0.05) is 38.2 Å². The van der Waals surface area contributed by atoms with Gasteiger partial charge >= 0.3 is 0 Å². The van der Waals surface area contributed by atoms with Gasteiger partial charge in [0.2, 0.25) is 11.8 Å². The Kier molecular flexibility index (Phi) is 4.99. The van der Waals surface area contributed by atoms with Gasteiger partial charge in [-0.05, 0) is 58.3 Å². The normalized spacial score (nSPS) is 26.1. The summed E-state index contributed by atoms with van der Waals surface area (Å²) in [7, 11) is 0. The number of nitrogens with zero attached hydrogens (tertiary/aromatic N) is 3. The molecule has 27 heavy (non-hydrogen) atoms. The molecule has 0 aromatic carbocycles. The second-order valence-electron chi connectivity index (χ2n) is 8.80. The van der Waals surface area contributed by atoms with Crippen LogP contribution in [0.25, 0.3) is 0 Å². The molecule has 1 spiro atoms. The van der Waals surface area contributed by atoms with Crippen LogP contribution in [0, 0.1) is 25.2 Å². The molecule has 0 N–H and O–H groups in total. The van der Waals surface area contributed by atoms with Crippen molar-refractivity contribution in [3.8, 4) is 0 Å². The highest BCUT2D eigenvalue weighted by atomic mass is 16.5. The van der Waals surface area contributed by atoms with Gasteiger partial charge in [-0.3, -0.25) is 9.59 Å². The number of hydrogen-bond donors (Lipinski definition) is 0. The lowest BCUT2D eigenvalue weighted by atomic mass is 9.77. The lowest BCUT2D eigenvalue weighted by Crippen LogP contribution is -2.52. The van der Waals surface area contributed by atoms with Gasteiger partial charge in [0.25, 0.3) is 0 Å². The van der Waals surface area contributed by atoms with Crippen molar-refractivity contribution in [1.29, 1.82) is 0 Å². The minimum atomic E-state index is -0.319. The smallest absolute Gasteiger partial charge is 0.230 e. The summed E-state index contributed by atoms with van der Waals surface area (Å²) in [4.78, 5) is 30.0. The van der Waals surface area contributed by atoms with E-state index in [1.165, 1.54) is 19.3 Å². The predicted molar refractivity (Wildman–Crippen MR) is 101 cm³/mol. The van der Waals surface area contributed by atoms with Crippen molar-refractivity contribution >= 4 is 11.8 Å². The summed E-state index contributed by atoms with van der Waals surface area (Å²) in [5, 5.41) is 3.96. The van der Waals surface area contributed by atoms with E-state index in [9.17, 15) is 9.59 Å². The molecule has 1 aliphatic carbocycles. The summed E-state index contributed by atoms with van der Waals surface area (Å²) < 4.78 is 5.19. The van der Waals surface area contributed by atoms with Crippen molar-refractivity contribution in [2.24, 2.45) is 11.3 Å². The average Bonchev–Trinajstić information content (AvgIpc) is 3.18. The van der Waals surface area contributed by atoms with Crippen LogP contribution in [-0.4, -0.2) is 52.9 Å². The number of hydrogen-bond acceptors (Lipinski definition) is 4. The molecule has 1 unspecified atom stereocenters. The maximum Gasteiger partial charge on any atom is 0.230 e. The summed E-state index contributed by atoms with van der Waals surface area (Å²) >= 11 is 0. The maximum atomic E-state index is 13.2. The number of rotatable bonds is 5. The van der Waals surface area contributed by atoms with E-state index < -0.39 is 0 Å². The highest BCUT2D eigenvalue weighted by molar-refractivity contribution is 5.86. The van der Waals surface area contributed by atoms with Gasteiger partial charge in [-0.25, -0.2) is 0 Å². The van der Waals surface area contributed by atoms with Crippen LogP contribution in [-0.2, 0) is 16.0 Å². The summed E-state index contributed by atoms with van der Waals surface area (Å²) in [5.41, 5.74) is 1.59. The molecule has 3 aliphatic rings. The number of aryl methyl sites for hydroxylation is 2. The fraction of sp³-hybridized carbons (Fsp3) is 0.762. The molecule has 6 heteroatoms. The number of piperidine rings is 1. The zero-order valence-electron chi connectivity index (χ0n) is 16.6. The second kappa shape index (κ2) is 7.28. The molecular formula is C21H31N3O3. The molecule has 6 nitrogen and oxygen atoms in total. The third-order valence-electron chi connectivity index (χ3n) is 7.00. The summed E-state index contributed by atoms with van der Waals surface area (Å²) in [6, 6.07) is 0. The van der Waals surface area contributed by atoms with Crippen LogP contribution < -0.4 is 0 Å². The van der Waals surface area contributed by atoms with Gasteiger partial charge in [0.1, 0.15) is 5.76 Å². The van der Waals surface area contributed by atoms with Gasteiger partial charge < -0.3 is 14.3 Å². The topological polar surface area (TPSA) is 66.7 Å². The van der Waals surface area contributed by atoms with Crippen molar-refractivity contribution in [2.75, 3.05) is 26.2 Å². The quantitative estimate of drug-likeness (QED) is 0.796. The Morgan fingerprint density at radius 1 is 1.22 bits per heavy atom. The molecule has 1 atom stereocenters. The number of aromatic nitrogens is 1. The summed E-state index contributed by atoms with van der Waals surface area (Å²) in [6.07, 6.45) is 7.78. The highest BCUT2D eigenvalue weighted by Crippen LogP contribution is 2.41. The fourth-order valence-corrected chi connectivity index (χ4v) is 5.03. The van der Waals surface area contributed by atoms with Crippen molar-refractivity contribution in [3.63, 3.8) is 0 Å². The third-order valence-corrected chi connectivity index (χ3v) is 7.00. The van der Waals surface area contributed by atoms with E-state index in [-0.39, 0.29) is 11.3 Å². The van der Waals surface area contributed by atoms with Crippen LogP contribution in [0.2, 0.25) is 0 Å². The molecule has 4 rings (SSSR count). The van der Waals surface area contributed by atoms with E-state index in [1.54, 1.807) is 0 Å². The van der Waals surface area contributed by atoms with Crippen LogP contribution in [0.1, 0.15) is 62.0 Å². The molecule has 2 aliphatic heterocycles. The lowest BCUT2D eigenvalue weighted by Gasteiger charge is -2.42. The van der Waals surface area contributed by atoms with Gasteiger partial charge in [-0.15, -0.1) is 0 Å². The molecule has 0 bridgehead atoms. The number of likely N-dealkylation sites (tertiary alicyclic amines) is 2. The standard InChI is InChI=1S/C21H31N3O3/c1-15-18(16(2)27-22-15)7-8-19(25)24-12-10-21(14-24)9-4-11-23(20(21)26)13-17-5-3-6-17/h17H,3-14H2,1-2H3. The highest BCUT2D eigenvalue weighted by Gasteiger charge is 2.49. The monoisotopic (exact) mass is 373 g/mol. The predicted octanol–water partition coefficient (Wildman–Crippen LogP) is 2.87. The van der Waals surface area contributed by atoms with Crippen molar-refractivity contribution in [3.05, 3.63) is 17.0 Å². The lowest BCUT2D eigenvalue weighted by molar-refractivity contribution is -0.147. The molecule has 1 aromatic rings. The van der Waals surface area contributed by atoms with Crippen LogP contribution in [0.5, 0.6) is 0 Å². The van der Waals surface area contributed by atoms with E-state index in [0.29, 0.717) is 37.8 Å². The molecule has 0 radical (unpaired) electrons. The number of carbonyl (C=O) groups excluding carboxylic acids is 2. The van der Waals surface area contributed by atoms with Gasteiger partial charge in [0.05, 0.1) is 11.1 Å². The molecule has 148 valence electrons. The van der Waals surface area contributed by atoms with E-state index in [1.807, 2.05) is 18.7 Å². The first-order valence-electron chi connectivity index (χ1n) is 10.5. The third kappa shape index (κ3) is 3.50. The first-order valence-corrected chi connectivity index (χ1v) is 10.5. The molecule has 2 saturated heterocycles.